The maximum atomic E-state index is 13.9. The Kier molecular flexibility index (Phi) is 6.20. The summed E-state index contributed by atoms with van der Waals surface area (Å²) >= 11 is 0. The molecule has 1 aliphatic carbocycles. The molecule has 0 amide bonds. The van der Waals surface area contributed by atoms with Crippen molar-refractivity contribution in [3.8, 4) is 0 Å². The zero-order valence-corrected chi connectivity index (χ0v) is 14.7. The van der Waals surface area contributed by atoms with Crippen molar-refractivity contribution in [2.24, 2.45) is 0 Å². The maximum Gasteiger partial charge on any atom is 0.478 e. The zero-order chi connectivity index (χ0) is 25.3. The standard InChI is InChI=1S/C10H6F14O6S/c1-2-28-5(15)3(11,12)6(16,4(5,13)14)29-10(24,7(17,18)19)30-8(20,21)9(22,23)31(25,26)27/h2H2,1H3,(H,25,26,27). The molecule has 1 unspecified atom stereocenters. The van der Waals surface area contributed by atoms with Crippen LogP contribution in [0.15, 0.2) is 0 Å². The molecular weight excluding hydrogens is 514 g/mol. The van der Waals surface area contributed by atoms with E-state index in [-0.39, 0.29) is 0 Å². The van der Waals surface area contributed by atoms with Crippen molar-refractivity contribution in [2.75, 3.05) is 6.61 Å². The van der Waals surface area contributed by atoms with Gasteiger partial charge in [-0.1, -0.05) is 0 Å². The minimum absolute atomic E-state index is 0.531. The lowest BCUT2D eigenvalue weighted by Gasteiger charge is -2.57. The number of alkyl halides is 14. The number of rotatable bonds is 8. The maximum absolute atomic E-state index is 13.9. The number of hydrogen-bond donors (Lipinski definition) is 1. The molecule has 0 aromatic rings. The lowest BCUT2D eigenvalue weighted by molar-refractivity contribution is -0.615. The van der Waals surface area contributed by atoms with Crippen LogP contribution in [0.1, 0.15) is 6.92 Å². The minimum Gasteiger partial charge on any atom is -0.337 e. The average molecular weight is 520 g/mol. The lowest BCUT2D eigenvalue weighted by Crippen LogP contribution is -2.88. The lowest BCUT2D eigenvalue weighted by atomic mass is 9.76. The zero-order valence-electron chi connectivity index (χ0n) is 13.9. The highest BCUT2D eigenvalue weighted by Crippen LogP contribution is 2.70. The van der Waals surface area contributed by atoms with Crippen LogP contribution in [-0.2, 0) is 24.3 Å². The second-order valence-corrected chi connectivity index (χ2v) is 6.98. The fraction of sp³-hybridized carbons (Fsp3) is 1.00. The van der Waals surface area contributed by atoms with Gasteiger partial charge in [-0.3, -0.25) is 9.29 Å². The molecule has 1 rings (SSSR count). The van der Waals surface area contributed by atoms with Crippen LogP contribution in [-0.4, -0.2) is 66.7 Å². The van der Waals surface area contributed by atoms with E-state index in [0.717, 1.165) is 0 Å². The molecule has 0 saturated heterocycles. The van der Waals surface area contributed by atoms with Crippen LogP contribution in [0.2, 0.25) is 0 Å². The van der Waals surface area contributed by atoms with Crippen molar-refractivity contribution >= 4 is 10.1 Å². The van der Waals surface area contributed by atoms with Crippen LogP contribution in [0.5, 0.6) is 0 Å². The topological polar surface area (TPSA) is 82.1 Å². The summed E-state index contributed by atoms with van der Waals surface area (Å²) < 4.78 is 221. The van der Waals surface area contributed by atoms with Gasteiger partial charge >= 0.3 is 57.3 Å². The highest BCUT2D eigenvalue weighted by Gasteiger charge is 3.03. The number of hydrogen-bond acceptors (Lipinski definition) is 5. The van der Waals surface area contributed by atoms with E-state index < -0.39 is 63.9 Å². The third-order valence-electron chi connectivity index (χ3n) is 3.49. The Morgan fingerprint density at radius 3 is 1.48 bits per heavy atom. The summed E-state index contributed by atoms with van der Waals surface area (Å²) in [5.74, 6) is -25.9. The Bertz CT molecular complexity index is 793. The molecule has 0 spiro atoms. The van der Waals surface area contributed by atoms with Crippen LogP contribution in [0.3, 0.4) is 0 Å². The first kappa shape index (κ1) is 27.8. The van der Waals surface area contributed by atoms with Gasteiger partial charge in [-0.25, -0.2) is 4.74 Å². The molecule has 0 radical (unpaired) electrons. The Morgan fingerprint density at radius 1 is 0.806 bits per heavy atom. The van der Waals surface area contributed by atoms with Gasteiger partial charge in [-0.05, 0) is 6.92 Å². The fourth-order valence-electron chi connectivity index (χ4n) is 1.95. The summed E-state index contributed by atoms with van der Waals surface area (Å²) in [7, 11) is -7.45. The van der Waals surface area contributed by atoms with E-state index >= 15 is 0 Å². The molecular formula is C10H6F14O6S. The smallest absolute Gasteiger partial charge is 0.337 e. The van der Waals surface area contributed by atoms with Gasteiger partial charge in [0.15, 0.2) is 0 Å². The number of ether oxygens (including phenoxy) is 3. The molecule has 186 valence electrons. The van der Waals surface area contributed by atoms with Gasteiger partial charge in [0.1, 0.15) is 0 Å². The van der Waals surface area contributed by atoms with Gasteiger partial charge in [0.05, 0.1) is 0 Å². The quantitative estimate of drug-likeness (QED) is 0.297. The van der Waals surface area contributed by atoms with Gasteiger partial charge in [0, 0.05) is 6.61 Å². The molecule has 0 bridgehead atoms. The third kappa shape index (κ3) is 3.42. The molecule has 6 nitrogen and oxygen atoms in total. The molecule has 21 heteroatoms. The summed E-state index contributed by atoms with van der Waals surface area (Å²) in [5, 5.41) is -7.20. The van der Waals surface area contributed by atoms with Crippen molar-refractivity contribution in [3.63, 3.8) is 0 Å². The molecule has 1 saturated carbocycles. The summed E-state index contributed by atoms with van der Waals surface area (Å²) in [4.78, 5) is 0. The van der Waals surface area contributed by atoms with Crippen LogP contribution in [0, 0.1) is 0 Å². The summed E-state index contributed by atoms with van der Waals surface area (Å²) in [6, 6.07) is -7.40. The van der Waals surface area contributed by atoms with E-state index in [1.54, 1.807) is 4.74 Å². The predicted octanol–water partition coefficient (Wildman–Crippen LogP) is 3.93. The Balaban J connectivity index is 3.57. The molecule has 0 heterocycles. The van der Waals surface area contributed by atoms with Crippen molar-refractivity contribution in [2.45, 2.75) is 54.1 Å². The van der Waals surface area contributed by atoms with Crippen molar-refractivity contribution < 1.29 is 88.6 Å². The predicted molar refractivity (Wildman–Crippen MR) is 62.7 cm³/mol. The van der Waals surface area contributed by atoms with E-state index in [2.05, 4.69) is 4.74 Å². The molecule has 0 aliphatic heterocycles. The average Bonchev–Trinajstić information content (AvgIpc) is 2.50. The second kappa shape index (κ2) is 6.90. The molecule has 1 aliphatic rings. The van der Waals surface area contributed by atoms with Gasteiger partial charge < -0.3 is 4.74 Å². The van der Waals surface area contributed by atoms with E-state index in [0.29, 0.717) is 6.92 Å². The first-order valence-electron chi connectivity index (χ1n) is 6.88. The van der Waals surface area contributed by atoms with E-state index in [9.17, 15) is 69.9 Å². The number of halogens is 14. The SMILES string of the molecule is CCOC1(F)C(F)(F)C(F)(OC(F)(OC(F)(F)C(F)(F)S(=O)(=O)O)C(F)(F)F)C1(F)F. The molecule has 0 aromatic heterocycles. The minimum atomic E-state index is -7.52. The Labute approximate surface area is 160 Å². The van der Waals surface area contributed by atoms with Crippen LogP contribution in [0.25, 0.3) is 0 Å². The van der Waals surface area contributed by atoms with Gasteiger partial charge in [0.2, 0.25) is 0 Å². The monoisotopic (exact) mass is 520 g/mol. The van der Waals surface area contributed by atoms with Gasteiger partial charge in [0.25, 0.3) is 0 Å². The van der Waals surface area contributed by atoms with Crippen LogP contribution in [0.4, 0.5) is 61.5 Å². The van der Waals surface area contributed by atoms with E-state index in [4.69, 9.17) is 4.55 Å². The molecule has 1 atom stereocenters. The van der Waals surface area contributed by atoms with Crippen molar-refractivity contribution in [1.29, 1.82) is 0 Å². The largest absolute Gasteiger partial charge is 0.478 e. The van der Waals surface area contributed by atoms with Gasteiger partial charge in [-0.15, -0.1) is 0 Å². The normalized spacial score (nSPS) is 31.1. The summed E-state index contributed by atoms with van der Waals surface area (Å²) in [6.07, 6.45) is -14.9. The van der Waals surface area contributed by atoms with Gasteiger partial charge in [-0.2, -0.15) is 69.9 Å². The van der Waals surface area contributed by atoms with Crippen LogP contribution >= 0.6 is 0 Å². The van der Waals surface area contributed by atoms with E-state index in [1.165, 1.54) is 0 Å². The highest BCUT2D eigenvalue weighted by atomic mass is 32.2. The summed E-state index contributed by atoms with van der Waals surface area (Å²) in [5.41, 5.74) is 0. The fourth-order valence-corrected chi connectivity index (χ4v) is 2.29. The highest BCUT2D eigenvalue weighted by molar-refractivity contribution is 7.86. The van der Waals surface area contributed by atoms with Crippen molar-refractivity contribution in [3.05, 3.63) is 0 Å². The second-order valence-electron chi connectivity index (χ2n) is 5.52. The van der Waals surface area contributed by atoms with Crippen LogP contribution < -0.4 is 0 Å². The third-order valence-corrected chi connectivity index (χ3v) is 4.38. The Morgan fingerprint density at radius 2 is 1.19 bits per heavy atom. The van der Waals surface area contributed by atoms with E-state index in [1.807, 2.05) is 4.74 Å². The van der Waals surface area contributed by atoms with Crippen molar-refractivity contribution in [1.82, 2.24) is 0 Å². The molecule has 0 aromatic carbocycles. The first-order chi connectivity index (χ1) is 13.2. The molecule has 1 N–H and O–H groups in total. The summed E-state index contributed by atoms with van der Waals surface area (Å²) in [6.45, 7) is -0.907. The first-order valence-corrected chi connectivity index (χ1v) is 8.32. The molecule has 31 heavy (non-hydrogen) atoms. The molecule has 1 fully saturated rings. The Hall–Kier alpha value is -1.19.